The molecule has 186 valence electrons. The van der Waals surface area contributed by atoms with Crippen LogP contribution in [-0.2, 0) is 9.59 Å². The van der Waals surface area contributed by atoms with Crippen LogP contribution in [0.1, 0.15) is 27.2 Å². The van der Waals surface area contributed by atoms with Gasteiger partial charge in [0, 0.05) is 42.3 Å². The van der Waals surface area contributed by atoms with Crippen molar-refractivity contribution in [3.8, 4) is 11.1 Å². The lowest BCUT2D eigenvalue weighted by molar-refractivity contribution is -0.152. The molecule has 2 amide bonds. The van der Waals surface area contributed by atoms with Crippen LogP contribution in [0.2, 0.25) is 0 Å². The number of amides is 2. The molecular weight excluding hydrogens is 446 g/mol. The lowest BCUT2D eigenvalue weighted by atomic mass is 9.89. The number of benzene rings is 2. The SMILES string of the molecule is CC(C)C[C@H](C(=O)N1CCN(c2ccc(-c3coc4ccccc34)cc2)C[C@H]1C)[C@H](O)C(=O)NO. The molecule has 3 N–H and O–H groups in total. The van der Waals surface area contributed by atoms with E-state index in [1.165, 1.54) is 5.48 Å². The Hall–Kier alpha value is -3.36. The standard InChI is InChI=1S/C27H33N3O5/c1-17(2)14-22(25(31)26(32)28-34)27(33)30-13-12-29(15-18(30)3)20-10-8-19(9-11-20)23-16-35-24-7-5-4-6-21(23)24/h4-11,16-18,22,25,31,34H,12-15H2,1-3H3,(H,28,32)/t18-,22+,25+/m1/s1. The maximum absolute atomic E-state index is 13.3. The van der Waals surface area contributed by atoms with Crippen LogP contribution in [0.4, 0.5) is 5.69 Å². The first kappa shape index (κ1) is 24.8. The Morgan fingerprint density at radius 2 is 1.83 bits per heavy atom. The van der Waals surface area contributed by atoms with Crippen molar-refractivity contribution in [3.63, 3.8) is 0 Å². The number of anilines is 1. The van der Waals surface area contributed by atoms with Crippen molar-refractivity contribution in [2.24, 2.45) is 11.8 Å². The van der Waals surface area contributed by atoms with E-state index in [4.69, 9.17) is 9.62 Å². The Balaban J connectivity index is 1.45. The zero-order valence-corrected chi connectivity index (χ0v) is 20.3. The van der Waals surface area contributed by atoms with E-state index < -0.39 is 17.9 Å². The highest BCUT2D eigenvalue weighted by molar-refractivity contribution is 5.94. The predicted molar refractivity (Wildman–Crippen MR) is 134 cm³/mol. The summed E-state index contributed by atoms with van der Waals surface area (Å²) in [6, 6.07) is 16.2. The molecule has 0 unspecified atom stereocenters. The highest BCUT2D eigenvalue weighted by Crippen LogP contribution is 2.32. The number of furan rings is 1. The summed E-state index contributed by atoms with van der Waals surface area (Å²) in [5, 5.41) is 20.4. The van der Waals surface area contributed by atoms with Gasteiger partial charge in [0.25, 0.3) is 5.91 Å². The number of para-hydroxylation sites is 1. The van der Waals surface area contributed by atoms with Gasteiger partial charge in [0.15, 0.2) is 0 Å². The molecule has 4 rings (SSSR count). The van der Waals surface area contributed by atoms with E-state index in [2.05, 4.69) is 29.2 Å². The van der Waals surface area contributed by atoms with Crippen LogP contribution in [0, 0.1) is 11.8 Å². The van der Waals surface area contributed by atoms with Gasteiger partial charge in [0.2, 0.25) is 5.91 Å². The summed E-state index contributed by atoms with van der Waals surface area (Å²) < 4.78 is 5.68. The lowest BCUT2D eigenvalue weighted by Gasteiger charge is -2.42. The molecule has 1 saturated heterocycles. The summed E-state index contributed by atoms with van der Waals surface area (Å²) in [6.45, 7) is 7.59. The van der Waals surface area contributed by atoms with Gasteiger partial charge in [0.1, 0.15) is 11.7 Å². The second-order valence-electron chi connectivity index (χ2n) is 9.68. The fourth-order valence-corrected chi connectivity index (χ4v) is 4.91. The van der Waals surface area contributed by atoms with Crippen molar-refractivity contribution >= 4 is 28.5 Å². The van der Waals surface area contributed by atoms with Gasteiger partial charge in [-0.3, -0.25) is 14.8 Å². The summed E-state index contributed by atoms with van der Waals surface area (Å²) in [4.78, 5) is 29.1. The molecule has 8 heteroatoms. The Kier molecular flexibility index (Phi) is 7.42. The fourth-order valence-electron chi connectivity index (χ4n) is 4.91. The van der Waals surface area contributed by atoms with E-state index in [1.807, 2.05) is 45.0 Å². The number of piperazine rings is 1. The average Bonchev–Trinajstić information content (AvgIpc) is 3.30. The quantitative estimate of drug-likeness (QED) is 0.353. The largest absolute Gasteiger partial charge is 0.464 e. The summed E-state index contributed by atoms with van der Waals surface area (Å²) in [6.07, 6.45) is 0.544. The molecule has 1 fully saturated rings. The third kappa shape index (κ3) is 5.18. The van der Waals surface area contributed by atoms with Crippen LogP contribution in [0.25, 0.3) is 22.1 Å². The highest BCUT2D eigenvalue weighted by Gasteiger charge is 2.38. The van der Waals surface area contributed by atoms with Crippen molar-refractivity contribution in [2.75, 3.05) is 24.5 Å². The topological polar surface area (TPSA) is 106 Å². The smallest absolute Gasteiger partial charge is 0.272 e. The van der Waals surface area contributed by atoms with Crippen LogP contribution in [-0.4, -0.2) is 58.8 Å². The van der Waals surface area contributed by atoms with Gasteiger partial charge in [-0.25, -0.2) is 5.48 Å². The molecule has 1 aliphatic heterocycles. The number of carbonyl (C=O) groups is 2. The molecule has 3 atom stereocenters. The first-order valence-electron chi connectivity index (χ1n) is 12.0. The number of aliphatic hydroxyl groups excluding tert-OH is 1. The normalized spacial score (nSPS) is 18.1. The third-order valence-electron chi connectivity index (χ3n) is 6.74. The minimum Gasteiger partial charge on any atom is -0.464 e. The number of fused-ring (bicyclic) bond motifs is 1. The van der Waals surface area contributed by atoms with E-state index in [0.717, 1.165) is 27.8 Å². The zero-order valence-electron chi connectivity index (χ0n) is 20.3. The second kappa shape index (κ2) is 10.5. The van der Waals surface area contributed by atoms with E-state index in [1.54, 1.807) is 11.2 Å². The van der Waals surface area contributed by atoms with Gasteiger partial charge in [-0.2, -0.15) is 0 Å². The molecule has 8 nitrogen and oxygen atoms in total. The molecule has 3 aromatic rings. The maximum atomic E-state index is 13.3. The Morgan fingerprint density at radius 3 is 2.49 bits per heavy atom. The predicted octanol–water partition coefficient (Wildman–Crippen LogP) is 3.67. The number of nitrogens with one attached hydrogen (secondary N) is 1. The first-order valence-corrected chi connectivity index (χ1v) is 12.0. The number of carbonyl (C=O) groups excluding carboxylic acids is 2. The molecule has 0 radical (unpaired) electrons. The van der Waals surface area contributed by atoms with Gasteiger partial charge in [-0.05, 0) is 43.0 Å². The van der Waals surface area contributed by atoms with Crippen LogP contribution in [0.3, 0.4) is 0 Å². The van der Waals surface area contributed by atoms with E-state index in [-0.39, 0.29) is 17.9 Å². The Bertz CT molecular complexity index is 1170. The number of nitrogens with zero attached hydrogens (tertiary/aromatic N) is 2. The van der Waals surface area contributed by atoms with Crippen LogP contribution in [0.15, 0.2) is 59.2 Å². The molecule has 0 aliphatic carbocycles. The van der Waals surface area contributed by atoms with Crippen molar-refractivity contribution in [2.45, 2.75) is 39.3 Å². The summed E-state index contributed by atoms with van der Waals surface area (Å²) in [5.74, 6) is -2.02. The first-order chi connectivity index (χ1) is 16.8. The van der Waals surface area contributed by atoms with Crippen LogP contribution < -0.4 is 10.4 Å². The van der Waals surface area contributed by atoms with Gasteiger partial charge < -0.3 is 19.3 Å². The molecule has 2 aromatic carbocycles. The summed E-state index contributed by atoms with van der Waals surface area (Å²) in [5.41, 5.74) is 5.53. The van der Waals surface area contributed by atoms with E-state index >= 15 is 0 Å². The molecule has 35 heavy (non-hydrogen) atoms. The minimum atomic E-state index is -1.59. The lowest BCUT2D eigenvalue weighted by Crippen LogP contribution is -2.57. The van der Waals surface area contributed by atoms with Crippen molar-refractivity contribution in [1.29, 1.82) is 0 Å². The van der Waals surface area contributed by atoms with Crippen LogP contribution >= 0.6 is 0 Å². The molecular formula is C27H33N3O5. The molecule has 1 aliphatic rings. The van der Waals surface area contributed by atoms with Crippen molar-refractivity contribution in [3.05, 3.63) is 54.8 Å². The van der Waals surface area contributed by atoms with Gasteiger partial charge >= 0.3 is 0 Å². The second-order valence-corrected chi connectivity index (χ2v) is 9.68. The monoisotopic (exact) mass is 479 g/mol. The summed E-state index contributed by atoms with van der Waals surface area (Å²) >= 11 is 0. The number of hydroxylamine groups is 1. The van der Waals surface area contributed by atoms with Crippen molar-refractivity contribution in [1.82, 2.24) is 10.4 Å². The summed E-state index contributed by atoms with van der Waals surface area (Å²) in [7, 11) is 0. The Labute approximate surface area is 205 Å². The van der Waals surface area contributed by atoms with E-state index in [9.17, 15) is 14.7 Å². The third-order valence-corrected chi connectivity index (χ3v) is 6.74. The minimum absolute atomic E-state index is 0.104. The van der Waals surface area contributed by atoms with Gasteiger partial charge in [-0.15, -0.1) is 0 Å². The van der Waals surface area contributed by atoms with Gasteiger partial charge in [-0.1, -0.05) is 44.2 Å². The van der Waals surface area contributed by atoms with Gasteiger partial charge in [0.05, 0.1) is 12.2 Å². The molecule has 0 bridgehead atoms. The maximum Gasteiger partial charge on any atom is 0.272 e. The van der Waals surface area contributed by atoms with Crippen molar-refractivity contribution < 1.29 is 24.3 Å². The number of rotatable bonds is 7. The highest BCUT2D eigenvalue weighted by atomic mass is 16.5. The Morgan fingerprint density at radius 1 is 1.11 bits per heavy atom. The van der Waals surface area contributed by atoms with E-state index in [0.29, 0.717) is 26.1 Å². The van der Waals surface area contributed by atoms with Crippen LogP contribution in [0.5, 0.6) is 0 Å². The molecule has 1 aromatic heterocycles. The number of hydrogen-bond acceptors (Lipinski definition) is 6. The zero-order chi connectivity index (χ0) is 25.1. The number of hydrogen-bond donors (Lipinski definition) is 3. The fraction of sp³-hybridized carbons (Fsp3) is 0.407. The molecule has 0 saturated carbocycles. The molecule has 0 spiro atoms. The number of aliphatic hydroxyl groups is 1. The average molecular weight is 480 g/mol. The molecule has 2 heterocycles.